The largest absolute Gasteiger partial charge is 0.297 e. The maximum absolute atomic E-state index is 4.57. The van der Waals surface area contributed by atoms with Crippen LogP contribution in [-0.2, 0) is 6.42 Å². The summed E-state index contributed by atoms with van der Waals surface area (Å²) in [5, 5.41) is 0. The zero-order valence-corrected chi connectivity index (χ0v) is 13.4. The second-order valence-corrected chi connectivity index (χ2v) is 5.52. The molecule has 2 heterocycles. The number of aromatic nitrogens is 3. The Bertz CT molecular complexity index is 650. The van der Waals surface area contributed by atoms with E-state index in [1.807, 2.05) is 38.7 Å². The topological polar surface area (TPSA) is 42.5 Å². The molecule has 0 unspecified atom stereocenters. The molecule has 0 saturated carbocycles. The van der Waals surface area contributed by atoms with E-state index in [4.69, 9.17) is 0 Å². The average Bonchev–Trinajstić information content (AvgIpc) is 2.90. The fourth-order valence-electron chi connectivity index (χ4n) is 2.27. The van der Waals surface area contributed by atoms with Crippen LogP contribution in [0.1, 0.15) is 45.5 Å². The first kappa shape index (κ1) is 15.4. The van der Waals surface area contributed by atoms with Crippen molar-refractivity contribution in [3.8, 4) is 0 Å². The lowest BCUT2D eigenvalue weighted by atomic mass is 10.1. The molecule has 4 heteroatoms. The van der Waals surface area contributed by atoms with Crippen molar-refractivity contribution in [3.63, 3.8) is 0 Å². The Morgan fingerprint density at radius 3 is 2.86 bits per heavy atom. The van der Waals surface area contributed by atoms with E-state index in [2.05, 4.69) is 39.3 Å². The molecule has 0 amide bonds. The number of hydrogen-bond donors (Lipinski definition) is 0. The number of aliphatic imine (C=N–C) groups is 1. The fourth-order valence-corrected chi connectivity index (χ4v) is 2.27. The van der Waals surface area contributed by atoms with Gasteiger partial charge < -0.3 is 0 Å². The Morgan fingerprint density at radius 1 is 1.38 bits per heavy atom. The normalized spacial score (nSPS) is 12.9. The standard InChI is InChI=1S/C17H24N4/c1-5-14(11-18-6-2)16-12-20-17-15(8-7-13(3)4)19-9-10-21(16)17/h5,9-13H,6-8H2,1-4H3/b14-5+,18-11?. The van der Waals surface area contributed by atoms with Crippen molar-refractivity contribution in [3.05, 3.63) is 36.1 Å². The molecule has 2 rings (SSSR count). The summed E-state index contributed by atoms with van der Waals surface area (Å²) in [4.78, 5) is 13.4. The van der Waals surface area contributed by atoms with Crippen LogP contribution in [0, 0.1) is 5.92 Å². The molecule has 0 saturated heterocycles. The van der Waals surface area contributed by atoms with Gasteiger partial charge in [0.15, 0.2) is 5.65 Å². The van der Waals surface area contributed by atoms with Crippen molar-refractivity contribution in [2.45, 2.75) is 40.5 Å². The minimum absolute atomic E-state index is 0.671. The summed E-state index contributed by atoms with van der Waals surface area (Å²) in [5.74, 6) is 0.671. The number of rotatable bonds is 6. The van der Waals surface area contributed by atoms with Crippen LogP contribution in [0.4, 0.5) is 0 Å². The molecule has 0 radical (unpaired) electrons. The van der Waals surface area contributed by atoms with Crippen LogP contribution in [0.5, 0.6) is 0 Å². The second kappa shape index (κ2) is 7.16. The lowest BCUT2D eigenvalue weighted by molar-refractivity contribution is 0.582. The molecular formula is C17H24N4. The molecule has 0 fully saturated rings. The molecule has 0 aliphatic heterocycles. The highest BCUT2D eigenvalue weighted by molar-refractivity contribution is 6.09. The van der Waals surface area contributed by atoms with Crippen LogP contribution in [0.2, 0.25) is 0 Å². The van der Waals surface area contributed by atoms with Crippen molar-refractivity contribution in [2.24, 2.45) is 10.9 Å². The summed E-state index contributed by atoms with van der Waals surface area (Å²) >= 11 is 0. The number of allylic oxidation sites excluding steroid dienone is 2. The molecule has 112 valence electrons. The summed E-state index contributed by atoms with van der Waals surface area (Å²) in [6, 6.07) is 0. The molecule has 4 nitrogen and oxygen atoms in total. The Kier molecular flexibility index (Phi) is 5.26. The summed E-state index contributed by atoms with van der Waals surface area (Å²) in [6.45, 7) is 9.31. The smallest absolute Gasteiger partial charge is 0.159 e. The molecule has 0 aliphatic rings. The lowest BCUT2D eigenvalue weighted by Crippen LogP contribution is -2.01. The Hall–Kier alpha value is -1.97. The first-order chi connectivity index (χ1) is 10.2. The molecule has 0 aromatic carbocycles. The molecule has 21 heavy (non-hydrogen) atoms. The van der Waals surface area contributed by atoms with Crippen molar-refractivity contribution < 1.29 is 0 Å². The maximum Gasteiger partial charge on any atom is 0.159 e. The highest BCUT2D eigenvalue weighted by Crippen LogP contribution is 2.18. The van der Waals surface area contributed by atoms with Gasteiger partial charge >= 0.3 is 0 Å². The van der Waals surface area contributed by atoms with E-state index in [-0.39, 0.29) is 0 Å². The Labute approximate surface area is 126 Å². The van der Waals surface area contributed by atoms with Gasteiger partial charge in [0.25, 0.3) is 0 Å². The van der Waals surface area contributed by atoms with Gasteiger partial charge in [-0.2, -0.15) is 0 Å². The third kappa shape index (κ3) is 3.57. The second-order valence-electron chi connectivity index (χ2n) is 5.52. The Balaban J connectivity index is 2.40. The average molecular weight is 284 g/mol. The highest BCUT2D eigenvalue weighted by atomic mass is 15.0. The molecule has 2 aromatic rings. The van der Waals surface area contributed by atoms with Crippen LogP contribution in [-0.4, -0.2) is 27.1 Å². The van der Waals surface area contributed by atoms with E-state index in [1.54, 1.807) is 0 Å². The minimum Gasteiger partial charge on any atom is -0.297 e. The zero-order valence-electron chi connectivity index (χ0n) is 13.4. The number of imidazole rings is 1. The highest BCUT2D eigenvalue weighted by Gasteiger charge is 2.11. The summed E-state index contributed by atoms with van der Waals surface area (Å²) in [5.41, 5.74) is 4.18. The van der Waals surface area contributed by atoms with Gasteiger partial charge in [-0.15, -0.1) is 0 Å². The van der Waals surface area contributed by atoms with E-state index in [0.717, 1.165) is 42.0 Å². The van der Waals surface area contributed by atoms with Gasteiger partial charge in [0.2, 0.25) is 0 Å². The summed E-state index contributed by atoms with van der Waals surface area (Å²) in [7, 11) is 0. The number of nitrogens with zero attached hydrogens (tertiary/aromatic N) is 4. The quantitative estimate of drug-likeness (QED) is 0.757. The van der Waals surface area contributed by atoms with Crippen molar-refractivity contribution >= 4 is 17.4 Å². The van der Waals surface area contributed by atoms with Crippen LogP contribution in [0.3, 0.4) is 0 Å². The number of aryl methyl sites for hydroxylation is 1. The minimum atomic E-state index is 0.671. The van der Waals surface area contributed by atoms with Gasteiger partial charge in [-0.3, -0.25) is 14.4 Å². The molecule has 0 N–H and O–H groups in total. The first-order valence-corrected chi connectivity index (χ1v) is 7.64. The van der Waals surface area contributed by atoms with E-state index in [1.165, 1.54) is 0 Å². The third-order valence-corrected chi connectivity index (χ3v) is 3.48. The van der Waals surface area contributed by atoms with Gasteiger partial charge in [0.1, 0.15) is 0 Å². The molecule has 0 atom stereocenters. The molecule has 0 spiro atoms. The Morgan fingerprint density at radius 2 is 2.19 bits per heavy atom. The van der Waals surface area contributed by atoms with Crippen LogP contribution < -0.4 is 0 Å². The van der Waals surface area contributed by atoms with Crippen LogP contribution in [0.25, 0.3) is 11.2 Å². The van der Waals surface area contributed by atoms with Crippen LogP contribution >= 0.6 is 0 Å². The first-order valence-electron chi connectivity index (χ1n) is 7.64. The predicted molar refractivity (Wildman–Crippen MR) is 88.8 cm³/mol. The van der Waals surface area contributed by atoms with Crippen molar-refractivity contribution in [1.82, 2.24) is 14.4 Å². The number of hydrogen-bond acceptors (Lipinski definition) is 3. The van der Waals surface area contributed by atoms with Gasteiger partial charge in [-0.25, -0.2) is 4.98 Å². The van der Waals surface area contributed by atoms with Crippen molar-refractivity contribution in [1.29, 1.82) is 0 Å². The zero-order chi connectivity index (χ0) is 15.2. The van der Waals surface area contributed by atoms with Gasteiger partial charge in [-0.05, 0) is 32.6 Å². The molecule has 2 aromatic heterocycles. The van der Waals surface area contributed by atoms with E-state index >= 15 is 0 Å². The molecule has 0 bridgehead atoms. The van der Waals surface area contributed by atoms with Crippen LogP contribution in [0.15, 0.2) is 29.7 Å². The van der Waals surface area contributed by atoms with Gasteiger partial charge in [0, 0.05) is 30.7 Å². The monoisotopic (exact) mass is 284 g/mol. The van der Waals surface area contributed by atoms with E-state index in [0.29, 0.717) is 5.92 Å². The SMILES string of the molecule is C/C=C(\C=NCC)c1cnc2c(CCC(C)C)nccn12. The molecule has 0 aliphatic carbocycles. The van der Waals surface area contributed by atoms with E-state index in [9.17, 15) is 0 Å². The van der Waals surface area contributed by atoms with Crippen molar-refractivity contribution in [2.75, 3.05) is 6.54 Å². The summed E-state index contributed by atoms with van der Waals surface area (Å²) < 4.78 is 2.11. The summed E-state index contributed by atoms with van der Waals surface area (Å²) in [6.07, 6.45) is 11.8. The number of fused-ring (bicyclic) bond motifs is 1. The van der Waals surface area contributed by atoms with Gasteiger partial charge in [-0.1, -0.05) is 19.9 Å². The maximum atomic E-state index is 4.57. The van der Waals surface area contributed by atoms with Gasteiger partial charge in [0.05, 0.1) is 17.6 Å². The lowest BCUT2D eigenvalue weighted by Gasteiger charge is -2.07. The predicted octanol–water partition coefficient (Wildman–Crippen LogP) is 3.81. The van der Waals surface area contributed by atoms with E-state index < -0.39 is 0 Å². The molecular weight excluding hydrogens is 260 g/mol. The fraction of sp³-hybridized carbons (Fsp3) is 0.471. The third-order valence-electron chi connectivity index (χ3n) is 3.48.